The van der Waals surface area contributed by atoms with Crippen molar-refractivity contribution < 1.29 is 12.8 Å². The van der Waals surface area contributed by atoms with Crippen LogP contribution in [0.1, 0.15) is 12.5 Å². The van der Waals surface area contributed by atoms with Gasteiger partial charge in [-0.15, -0.1) is 0 Å². The fraction of sp³-hybridized carbons (Fsp3) is 0.143. The van der Waals surface area contributed by atoms with Crippen LogP contribution in [0.3, 0.4) is 0 Å². The van der Waals surface area contributed by atoms with Gasteiger partial charge in [0.05, 0.1) is 10.6 Å². The molecule has 0 aliphatic heterocycles. The van der Waals surface area contributed by atoms with E-state index in [-0.39, 0.29) is 4.90 Å². The number of halogens is 2. The fourth-order valence-corrected chi connectivity index (χ4v) is 4.11. The lowest BCUT2D eigenvalue weighted by Gasteiger charge is -2.13. The van der Waals surface area contributed by atoms with Gasteiger partial charge < -0.3 is 5.73 Å². The molecule has 7 heteroatoms. The van der Waals surface area contributed by atoms with Crippen LogP contribution in [0.4, 0.5) is 15.8 Å². The molecule has 0 spiro atoms. The third kappa shape index (κ3) is 3.65. The summed E-state index contributed by atoms with van der Waals surface area (Å²) >= 11 is 1.88. The van der Waals surface area contributed by atoms with Gasteiger partial charge in [0, 0.05) is 9.26 Å². The highest BCUT2D eigenvalue weighted by Crippen LogP contribution is 2.25. The summed E-state index contributed by atoms with van der Waals surface area (Å²) < 4.78 is 41.0. The zero-order valence-electron chi connectivity index (χ0n) is 11.2. The second-order valence-corrected chi connectivity index (χ2v) is 7.26. The maximum Gasteiger partial charge on any atom is 0.262 e. The fourth-order valence-electron chi connectivity index (χ4n) is 1.89. The van der Waals surface area contributed by atoms with Gasteiger partial charge in [0.1, 0.15) is 5.82 Å². The molecule has 0 aliphatic carbocycles. The molecular weight excluding hydrogens is 406 g/mol. The molecule has 21 heavy (non-hydrogen) atoms. The number of sulfonamides is 1. The van der Waals surface area contributed by atoms with Gasteiger partial charge >= 0.3 is 0 Å². The van der Waals surface area contributed by atoms with E-state index in [9.17, 15) is 12.8 Å². The summed E-state index contributed by atoms with van der Waals surface area (Å²) in [7, 11) is -3.77. The molecule has 0 saturated heterocycles. The molecule has 0 aromatic heterocycles. The Morgan fingerprint density at radius 1 is 1.24 bits per heavy atom. The Labute approximate surface area is 136 Å². The Bertz CT molecular complexity index is 779. The summed E-state index contributed by atoms with van der Waals surface area (Å²) in [5.41, 5.74) is 7.06. The number of anilines is 2. The molecule has 0 aliphatic rings. The van der Waals surface area contributed by atoms with Gasteiger partial charge in [0.15, 0.2) is 0 Å². The molecule has 2 aromatic carbocycles. The zero-order chi connectivity index (χ0) is 15.6. The first-order valence-electron chi connectivity index (χ1n) is 6.19. The quantitative estimate of drug-likeness (QED) is 0.589. The van der Waals surface area contributed by atoms with Gasteiger partial charge in [-0.3, -0.25) is 4.72 Å². The summed E-state index contributed by atoms with van der Waals surface area (Å²) in [5.74, 6) is -0.416. The number of nitrogens with one attached hydrogen (secondary N) is 1. The number of hydrogen-bond acceptors (Lipinski definition) is 3. The second kappa shape index (κ2) is 6.18. The summed E-state index contributed by atoms with van der Waals surface area (Å²) in [5, 5.41) is 0. The molecule has 112 valence electrons. The molecule has 0 bridgehead atoms. The highest BCUT2D eigenvalue weighted by Gasteiger charge is 2.19. The van der Waals surface area contributed by atoms with Crippen molar-refractivity contribution in [2.24, 2.45) is 0 Å². The minimum Gasteiger partial charge on any atom is -0.399 e. The van der Waals surface area contributed by atoms with Gasteiger partial charge in [0.25, 0.3) is 10.0 Å². The molecule has 0 atom stereocenters. The van der Waals surface area contributed by atoms with E-state index in [1.165, 1.54) is 24.3 Å². The van der Waals surface area contributed by atoms with Crippen LogP contribution in [0.25, 0.3) is 0 Å². The van der Waals surface area contributed by atoms with Crippen LogP contribution in [0.5, 0.6) is 0 Å². The molecule has 2 aromatic rings. The Morgan fingerprint density at radius 3 is 2.57 bits per heavy atom. The SMILES string of the molecule is CCc1ccc(N)cc1S(=O)(=O)Nc1ccc(F)cc1I. The normalized spacial score (nSPS) is 11.4. The maximum atomic E-state index is 13.1. The van der Waals surface area contributed by atoms with E-state index in [2.05, 4.69) is 4.72 Å². The Hall–Kier alpha value is -1.35. The first kappa shape index (κ1) is 16.0. The van der Waals surface area contributed by atoms with Crippen LogP contribution in [0, 0.1) is 9.39 Å². The molecule has 0 radical (unpaired) electrons. The van der Waals surface area contributed by atoms with E-state index >= 15 is 0 Å². The standard InChI is InChI=1S/C14H14FIN2O2S/c1-2-9-3-5-11(17)8-14(9)21(19,20)18-13-6-4-10(15)7-12(13)16/h3-8,18H,2,17H2,1H3. The Balaban J connectivity index is 2.45. The third-order valence-corrected chi connectivity index (χ3v) is 5.28. The summed E-state index contributed by atoms with van der Waals surface area (Å²) in [4.78, 5) is 0.144. The number of aryl methyl sites for hydroxylation is 1. The topological polar surface area (TPSA) is 72.2 Å². The van der Waals surface area contributed by atoms with Crippen LogP contribution in [-0.4, -0.2) is 8.42 Å². The van der Waals surface area contributed by atoms with Crippen LogP contribution in [0.2, 0.25) is 0 Å². The van der Waals surface area contributed by atoms with E-state index in [0.29, 0.717) is 26.9 Å². The molecule has 2 rings (SSSR count). The van der Waals surface area contributed by atoms with Gasteiger partial charge in [-0.1, -0.05) is 13.0 Å². The second-order valence-electron chi connectivity index (χ2n) is 4.45. The first-order chi connectivity index (χ1) is 9.83. The third-order valence-electron chi connectivity index (χ3n) is 2.94. The highest BCUT2D eigenvalue weighted by atomic mass is 127. The number of nitrogen functional groups attached to an aromatic ring is 1. The van der Waals surface area contributed by atoms with E-state index < -0.39 is 15.8 Å². The van der Waals surface area contributed by atoms with Crippen molar-refractivity contribution in [3.05, 3.63) is 51.3 Å². The average Bonchev–Trinajstić information content (AvgIpc) is 2.42. The molecule has 0 heterocycles. The number of nitrogens with two attached hydrogens (primary N) is 1. The maximum absolute atomic E-state index is 13.1. The Morgan fingerprint density at radius 2 is 1.95 bits per heavy atom. The molecule has 0 fully saturated rings. The molecule has 0 unspecified atom stereocenters. The minimum atomic E-state index is -3.77. The van der Waals surface area contributed by atoms with Crippen molar-refractivity contribution in [3.8, 4) is 0 Å². The van der Waals surface area contributed by atoms with Crippen LogP contribution in [-0.2, 0) is 16.4 Å². The first-order valence-corrected chi connectivity index (χ1v) is 8.76. The lowest BCUT2D eigenvalue weighted by molar-refractivity contribution is 0.600. The molecular formula is C14H14FIN2O2S. The summed E-state index contributed by atoms with van der Waals surface area (Å²) in [6, 6.07) is 8.65. The van der Waals surface area contributed by atoms with Crippen molar-refractivity contribution >= 4 is 44.0 Å². The predicted molar refractivity (Wildman–Crippen MR) is 90.2 cm³/mol. The van der Waals surface area contributed by atoms with Crippen LogP contribution < -0.4 is 10.5 Å². The number of hydrogen-bond donors (Lipinski definition) is 2. The van der Waals surface area contributed by atoms with Crippen molar-refractivity contribution in [2.75, 3.05) is 10.5 Å². The van der Waals surface area contributed by atoms with Crippen molar-refractivity contribution in [1.82, 2.24) is 0 Å². The van der Waals surface area contributed by atoms with Crippen LogP contribution >= 0.6 is 22.6 Å². The average molecular weight is 420 g/mol. The molecule has 4 nitrogen and oxygen atoms in total. The Kier molecular flexibility index (Phi) is 4.72. The lowest BCUT2D eigenvalue weighted by atomic mass is 10.1. The summed E-state index contributed by atoms with van der Waals surface area (Å²) in [6.45, 7) is 1.87. The van der Waals surface area contributed by atoms with Gasteiger partial charge in [-0.2, -0.15) is 0 Å². The highest BCUT2D eigenvalue weighted by molar-refractivity contribution is 14.1. The minimum absolute atomic E-state index is 0.144. The molecule has 0 amide bonds. The zero-order valence-corrected chi connectivity index (χ0v) is 14.2. The molecule has 0 saturated carbocycles. The van der Waals surface area contributed by atoms with Gasteiger partial charge in [-0.25, -0.2) is 12.8 Å². The van der Waals surface area contributed by atoms with E-state index in [1.807, 2.05) is 29.5 Å². The number of benzene rings is 2. The van der Waals surface area contributed by atoms with Crippen molar-refractivity contribution in [1.29, 1.82) is 0 Å². The van der Waals surface area contributed by atoms with Crippen molar-refractivity contribution in [3.63, 3.8) is 0 Å². The van der Waals surface area contributed by atoms with E-state index in [4.69, 9.17) is 5.73 Å². The largest absolute Gasteiger partial charge is 0.399 e. The van der Waals surface area contributed by atoms with Crippen LogP contribution in [0.15, 0.2) is 41.3 Å². The number of rotatable bonds is 4. The van der Waals surface area contributed by atoms with E-state index in [0.717, 1.165) is 0 Å². The lowest BCUT2D eigenvalue weighted by Crippen LogP contribution is -2.16. The summed E-state index contributed by atoms with van der Waals surface area (Å²) in [6.07, 6.45) is 0.567. The van der Waals surface area contributed by atoms with Gasteiger partial charge in [-0.05, 0) is 64.9 Å². The molecule has 3 N–H and O–H groups in total. The predicted octanol–water partition coefficient (Wildman–Crippen LogP) is 3.38. The van der Waals surface area contributed by atoms with E-state index in [1.54, 1.807) is 12.1 Å². The van der Waals surface area contributed by atoms with Gasteiger partial charge in [0.2, 0.25) is 0 Å². The monoisotopic (exact) mass is 420 g/mol. The smallest absolute Gasteiger partial charge is 0.262 e. The van der Waals surface area contributed by atoms with Crippen molar-refractivity contribution in [2.45, 2.75) is 18.2 Å².